The summed E-state index contributed by atoms with van der Waals surface area (Å²) in [5, 5.41) is 3.79. The first kappa shape index (κ1) is 15.1. The van der Waals surface area contributed by atoms with E-state index >= 15 is 0 Å². The van der Waals surface area contributed by atoms with Crippen LogP contribution in [-0.4, -0.2) is 6.61 Å². The number of ether oxygens (including phenoxy) is 1. The molecular formula is C20H25NO. The number of fused-ring (bicyclic) bond motifs is 1. The highest BCUT2D eigenvalue weighted by Gasteiger charge is 2.27. The molecule has 0 aromatic heterocycles. The zero-order valence-corrected chi connectivity index (χ0v) is 13.5. The van der Waals surface area contributed by atoms with Gasteiger partial charge >= 0.3 is 0 Å². The van der Waals surface area contributed by atoms with Crippen LogP contribution in [0.5, 0.6) is 5.75 Å². The van der Waals surface area contributed by atoms with Gasteiger partial charge in [-0.2, -0.15) is 0 Å². The maximum atomic E-state index is 5.98. The van der Waals surface area contributed by atoms with E-state index in [1.54, 1.807) is 0 Å². The summed E-state index contributed by atoms with van der Waals surface area (Å²) < 4.78 is 5.98. The van der Waals surface area contributed by atoms with E-state index < -0.39 is 0 Å². The van der Waals surface area contributed by atoms with Crippen LogP contribution >= 0.6 is 0 Å². The summed E-state index contributed by atoms with van der Waals surface area (Å²) in [6.45, 7) is 5.18. The van der Waals surface area contributed by atoms with Crippen LogP contribution in [0.3, 0.4) is 0 Å². The molecule has 0 unspecified atom stereocenters. The van der Waals surface area contributed by atoms with Crippen LogP contribution in [0.2, 0.25) is 0 Å². The molecule has 0 saturated carbocycles. The summed E-state index contributed by atoms with van der Waals surface area (Å²) in [7, 11) is 0. The van der Waals surface area contributed by atoms with E-state index in [1.165, 1.54) is 16.7 Å². The van der Waals surface area contributed by atoms with E-state index in [2.05, 4.69) is 67.7 Å². The Labute approximate surface area is 133 Å². The molecule has 22 heavy (non-hydrogen) atoms. The maximum Gasteiger partial charge on any atom is 0.124 e. The van der Waals surface area contributed by atoms with Crippen molar-refractivity contribution < 1.29 is 4.74 Å². The SMILES string of the molecule is CCCOc1cccc2c1[C@H](N[C@H](C)c1ccccc1)CC2. The minimum absolute atomic E-state index is 0.344. The molecule has 0 radical (unpaired) electrons. The lowest BCUT2D eigenvalue weighted by molar-refractivity contribution is 0.309. The van der Waals surface area contributed by atoms with Crippen LogP contribution in [0.4, 0.5) is 0 Å². The topological polar surface area (TPSA) is 21.3 Å². The summed E-state index contributed by atoms with van der Waals surface area (Å²) in [6, 6.07) is 17.8. The Morgan fingerprint density at radius 1 is 1.14 bits per heavy atom. The molecule has 0 spiro atoms. The minimum Gasteiger partial charge on any atom is -0.493 e. The van der Waals surface area contributed by atoms with E-state index in [9.17, 15) is 0 Å². The number of nitrogens with one attached hydrogen (secondary N) is 1. The molecule has 0 amide bonds. The van der Waals surface area contributed by atoms with Gasteiger partial charge in [0.25, 0.3) is 0 Å². The molecule has 116 valence electrons. The van der Waals surface area contributed by atoms with E-state index in [1.807, 2.05) is 0 Å². The largest absolute Gasteiger partial charge is 0.493 e. The van der Waals surface area contributed by atoms with Gasteiger partial charge in [-0.25, -0.2) is 0 Å². The Bertz CT molecular complexity index is 608. The van der Waals surface area contributed by atoms with Gasteiger partial charge in [0.2, 0.25) is 0 Å². The van der Waals surface area contributed by atoms with Crippen molar-refractivity contribution in [3.05, 3.63) is 65.2 Å². The van der Waals surface area contributed by atoms with Gasteiger partial charge in [0.1, 0.15) is 5.75 Å². The van der Waals surface area contributed by atoms with Gasteiger partial charge in [0, 0.05) is 17.6 Å². The molecule has 1 aliphatic carbocycles. The van der Waals surface area contributed by atoms with Crippen molar-refractivity contribution in [3.63, 3.8) is 0 Å². The molecule has 2 nitrogen and oxygen atoms in total. The Balaban J connectivity index is 1.78. The molecule has 0 heterocycles. The predicted octanol–water partition coefficient (Wildman–Crippen LogP) is 4.81. The van der Waals surface area contributed by atoms with Crippen molar-refractivity contribution in [3.8, 4) is 5.75 Å². The van der Waals surface area contributed by atoms with Crippen molar-refractivity contribution in [1.82, 2.24) is 5.32 Å². The summed E-state index contributed by atoms with van der Waals surface area (Å²) >= 11 is 0. The van der Waals surface area contributed by atoms with Crippen LogP contribution < -0.4 is 10.1 Å². The van der Waals surface area contributed by atoms with Crippen LogP contribution in [-0.2, 0) is 6.42 Å². The lowest BCUT2D eigenvalue weighted by atomic mass is 10.0. The third kappa shape index (κ3) is 3.17. The van der Waals surface area contributed by atoms with Gasteiger partial charge in [0.15, 0.2) is 0 Å². The van der Waals surface area contributed by atoms with Crippen molar-refractivity contribution in [2.45, 2.75) is 45.2 Å². The van der Waals surface area contributed by atoms with Gasteiger partial charge in [0.05, 0.1) is 6.61 Å². The molecule has 0 aliphatic heterocycles. The lowest BCUT2D eigenvalue weighted by Gasteiger charge is -2.22. The van der Waals surface area contributed by atoms with Crippen molar-refractivity contribution in [2.24, 2.45) is 0 Å². The van der Waals surface area contributed by atoms with Crippen LogP contribution in [0.1, 0.15) is 55.5 Å². The second-order valence-corrected chi connectivity index (χ2v) is 6.07. The van der Waals surface area contributed by atoms with Crippen LogP contribution in [0.15, 0.2) is 48.5 Å². The highest BCUT2D eigenvalue weighted by Crippen LogP contribution is 2.39. The summed E-state index contributed by atoms with van der Waals surface area (Å²) in [6.07, 6.45) is 3.33. The molecule has 1 aliphatic rings. The number of rotatable bonds is 6. The van der Waals surface area contributed by atoms with Gasteiger partial charge in [-0.1, -0.05) is 49.4 Å². The van der Waals surface area contributed by atoms with E-state index in [4.69, 9.17) is 4.74 Å². The monoisotopic (exact) mass is 295 g/mol. The molecule has 3 rings (SSSR count). The molecule has 2 atom stereocenters. The minimum atomic E-state index is 0.344. The average molecular weight is 295 g/mol. The van der Waals surface area contributed by atoms with Gasteiger partial charge in [-0.3, -0.25) is 0 Å². The second kappa shape index (κ2) is 6.97. The van der Waals surface area contributed by atoms with Gasteiger partial charge in [-0.05, 0) is 43.4 Å². The Morgan fingerprint density at radius 2 is 1.95 bits per heavy atom. The highest BCUT2D eigenvalue weighted by molar-refractivity contribution is 5.46. The second-order valence-electron chi connectivity index (χ2n) is 6.07. The molecule has 1 N–H and O–H groups in total. The number of benzene rings is 2. The maximum absolute atomic E-state index is 5.98. The molecule has 0 bridgehead atoms. The zero-order valence-electron chi connectivity index (χ0n) is 13.5. The van der Waals surface area contributed by atoms with Crippen molar-refractivity contribution >= 4 is 0 Å². The standard InChI is InChI=1S/C20H25NO/c1-3-14-22-19-11-7-10-17-12-13-18(20(17)19)21-15(2)16-8-5-4-6-9-16/h4-11,15,18,21H,3,12-14H2,1-2H3/t15-,18-/m1/s1. The number of hydrogen-bond acceptors (Lipinski definition) is 2. The highest BCUT2D eigenvalue weighted by atomic mass is 16.5. The van der Waals surface area contributed by atoms with Crippen LogP contribution in [0.25, 0.3) is 0 Å². The summed E-state index contributed by atoms with van der Waals surface area (Å²) in [5.74, 6) is 1.06. The van der Waals surface area contributed by atoms with Crippen molar-refractivity contribution in [2.75, 3.05) is 6.61 Å². The molecule has 2 aromatic carbocycles. The normalized spacial score (nSPS) is 18.0. The third-order valence-corrected chi connectivity index (χ3v) is 4.42. The van der Waals surface area contributed by atoms with Gasteiger partial charge < -0.3 is 10.1 Å². The molecule has 0 fully saturated rings. The third-order valence-electron chi connectivity index (χ3n) is 4.42. The first-order valence-corrected chi connectivity index (χ1v) is 8.35. The fourth-order valence-electron chi connectivity index (χ4n) is 3.29. The first-order chi connectivity index (χ1) is 10.8. The fourth-order valence-corrected chi connectivity index (χ4v) is 3.29. The molecule has 0 saturated heterocycles. The van der Waals surface area contributed by atoms with E-state index in [-0.39, 0.29) is 0 Å². The summed E-state index contributed by atoms with van der Waals surface area (Å²) in [5.41, 5.74) is 4.15. The smallest absolute Gasteiger partial charge is 0.124 e. The number of aryl methyl sites for hydroxylation is 1. The first-order valence-electron chi connectivity index (χ1n) is 8.35. The zero-order chi connectivity index (χ0) is 15.4. The Morgan fingerprint density at radius 3 is 2.73 bits per heavy atom. The Kier molecular flexibility index (Phi) is 4.79. The van der Waals surface area contributed by atoms with Gasteiger partial charge in [-0.15, -0.1) is 0 Å². The number of hydrogen-bond donors (Lipinski definition) is 1. The summed E-state index contributed by atoms with van der Waals surface area (Å²) in [4.78, 5) is 0. The molecule has 2 aromatic rings. The predicted molar refractivity (Wildman–Crippen MR) is 91.3 cm³/mol. The van der Waals surface area contributed by atoms with Crippen molar-refractivity contribution in [1.29, 1.82) is 0 Å². The lowest BCUT2D eigenvalue weighted by Crippen LogP contribution is -2.23. The Hall–Kier alpha value is -1.80. The fraction of sp³-hybridized carbons (Fsp3) is 0.400. The quantitative estimate of drug-likeness (QED) is 0.825. The average Bonchev–Trinajstić information content (AvgIpc) is 2.97. The van der Waals surface area contributed by atoms with Crippen LogP contribution in [0, 0.1) is 0 Å². The molecular weight excluding hydrogens is 270 g/mol. The molecule has 2 heteroatoms. The van der Waals surface area contributed by atoms with E-state index in [0.717, 1.165) is 31.6 Å². The van der Waals surface area contributed by atoms with E-state index in [0.29, 0.717) is 12.1 Å².